The van der Waals surface area contributed by atoms with Gasteiger partial charge in [-0.2, -0.15) is 0 Å². The van der Waals surface area contributed by atoms with E-state index < -0.39 is 0 Å². The second kappa shape index (κ2) is 7.38. The van der Waals surface area contributed by atoms with Crippen LogP contribution in [0.4, 0.5) is 0 Å². The summed E-state index contributed by atoms with van der Waals surface area (Å²) in [6.07, 6.45) is 2.37. The van der Waals surface area contributed by atoms with Gasteiger partial charge in [-0.1, -0.05) is 30.3 Å². The van der Waals surface area contributed by atoms with Crippen LogP contribution >= 0.6 is 0 Å². The van der Waals surface area contributed by atoms with Gasteiger partial charge in [-0.3, -0.25) is 9.78 Å². The zero-order valence-electron chi connectivity index (χ0n) is 13.5. The molecule has 0 bridgehead atoms. The molecular formula is C19H23N3O. The third-order valence-corrected chi connectivity index (χ3v) is 4.35. The molecule has 1 atom stereocenters. The van der Waals surface area contributed by atoms with Crippen molar-refractivity contribution in [3.05, 3.63) is 53.7 Å². The topological polar surface area (TPSA) is 54.0 Å². The molecule has 23 heavy (non-hydrogen) atoms. The number of piperidine rings is 1. The van der Waals surface area contributed by atoms with Gasteiger partial charge in [0.15, 0.2) is 0 Å². The Morgan fingerprint density at radius 1 is 1.26 bits per heavy atom. The fraction of sp³-hybridized carbons (Fsp3) is 0.368. The summed E-state index contributed by atoms with van der Waals surface area (Å²) in [6.45, 7) is 4.70. The highest BCUT2D eigenvalue weighted by Gasteiger charge is 2.16. The highest BCUT2D eigenvalue weighted by molar-refractivity contribution is 5.95. The number of amides is 1. The first kappa shape index (κ1) is 15.7. The van der Waals surface area contributed by atoms with Crippen LogP contribution in [0.15, 0.2) is 42.5 Å². The molecule has 1 unspecified atom stereocenters. The molecule has 1 saturated heterocycles. The maximum absolute atomic E-state index is 12.4. The van der Waals surface area contributed by atoms with E-state index in [0.29, 0.717) is 11.5 Å². The number of hydrogen-bond acceptors (Lipinski definition) is 3. The first-order chi connectivity index (χ1) is 11.2. The Labute approximate surface area is 137 Å². The fourth-order valence-corrected chi connectivity index (χ4v) is 3.00. The van der Waals surface area contributed by atoms with Crippen LogP contribution in [-0.2, 0) is 0 Å². The van der Waals surface area contributed by atoms with E-state index in [4.69, 9.17) is 0 Å². The van der Waals surface area contributed by atoms with E-state index in [1.807, 2.05) is 49.4 Å². The van der Waals surface area contributed by atoms with Crippen LogP contribution in [0, 0.1) is 12.8 Å². The zero-order chi connectivity index (χ0) is 16.1. The summed E-state index contributed by atoms with van der Waals surface area (Å²) < 4.78 is 0. The summed E-state index contributed by atoms with van der Waals surface area (Å²) >= 11 is 0. The highest BCUT2D eigenvalue weighted by atomic mass is 16.1. The number of benzene rings is 1. The van der Waals surface area contributed by atoms with Crippen molar-refractivity contribution >= 4 is 5.91 Å². The minimum absolute atomic E-state index is 0.0276. The summed E-state index contributed by atoms with van der Waals surface area (Å²) in [4.78, 5) is 17.0. The number of nitrogens with one attached hydrogen (secondary N) is 2. The lowest BCUT2D eigenvalue weighted by Gasteiger charge is -2.23. The van der Waals surface area contributed by atoms with E-state index in [-0.39, 0.29) is 5.91 Å². The third-order valence-electron chi connectivity index (χ3n) is 4.35. The van der Waals surface area contributed by atoms with Gasteiger partial charge in [0, 0.05) is 12.1 Å². The molecule has 2 N–H and O–H groups in total. The molecule has 0 radical (unpaired) electrons. The molecule has 2 aromatic rings. The highest BCUT2D eigenvalue weighted by Crippen LogP contribution is 2.18. The number of carbonyl (C=O) groups excluding carboxylic acids is 1. The van der Waals surface area contributed by atoms with Crippen LogP contribution in [-0.4, -0.2) is 30.5 Å². The van der Waals surface area contributed by atoms with Gasteiger partial charge in [0.05, 0.1) is 17.0 Å². The lowest BCUT2D eigenvalue weighted by atomic mass is 9.99. The van der Waals surface area contributed by atoms with E-state index >= 15 is 0 Å². The monoisotopic (exact) mass is 309 g/mol. The Morgan fingerprint density at radius 2 is 2.09 bits per heavy atom. The maximum atomic E-state index is 12.4. The molecule has 1 amide bonds. The van der Waals surface area contributed by atoms with Crippen molar-refractivity contribution in [1.29, 1.82) is 0 Å². The molecule has 4 nitrogen and oxygen atoms in total. The molecule has 1 aliphatic rings. The van der Waals surface area contributed by atoms with Crippen molar-refractivity contribution in [3.63, 3.8) is 0 Å². The smallest absolute Gasteiger partial charge is 0.253 e. The number of pyridine rings is 1. The van der Waals surface area contributed by atoms with Crippen molar-refractivity contribution in [1.82, 2.24) is 15.6 Å². The standard InChI is InChI=1S/C19H23N3O/c1-14-17(19(23)21-13-15-6-5-11-20-12-15)9-10-18(22-14)16-7-3-2-4-8-16/h2-4,7-10,15,20H,5-6,11-13H2,1H3,(H,21,23). The lowest BCUT2D eigenvalue weighted by molar-refractivity contribution is 0.0944. The van der Waals surface area contributed by atoms with Gasteiger partial charge in [0.1, 0.15) is 0 Å². The number of hydrogen-bond donors (Lipinski definition) is 2. The maximum Gasteiger partial charge on any atom is 0.253 e. The molecule has 0 aliphatic carbocycles. The zero-order valence-corrected chi connectivity index (χ0v) is 13.5. The fourth-order valence-electron chi connectivity index (χ4n) is 3.00. The van der Waals surface area contributed by atoms with Gasteiger partial charge in [-0.05, 0) is 50.9 Å². The van der Waals surface area contributed by atoms with Crippen LogP contribution in [0.25, 0.3) is 11.3 Å². The third kappa shape index (κ3) is 3.96. The SMILES string of the molecule is Cc1nc(-c2ccccc2)ccc1C(=O)NCC1CCCNC1. The van der Waals surface area contributed by atoms with Crippen LogP contribution < -0.4 is 10.6 Å². The molecule has 3 rings (SSSR count). The Kier molecular flexibility index (Phi) is 5.03. The van der Waals surface area contributed by atoms with E-state index in [2.05, 4.69) is 15.6 Å². The van der Waals surface area contributed by atoms with E-state index in [1.165, 1.54) is 12.8 Å². The lowest BCUT2D eigenvalue weighted by Crippen LogP contribution is -2.38. The van der Waals surface area contributed by atoms with Crippen molar-refractivity contribution in [2.75, 3.05) is 19.6 Å². The Hall–Kier alpha value is -2.20. The second-order valence-electron chi connectivity index (χ2n) is 6.12. The number of nitrogens with zero attached hydrogens (tertiary/aromatic N) is 1. The predicted octanol–water partition coefficient (Wildman–Crippen LogP) is 2.79. The number of aryl methyl sites for hydroxylation is 1. The molecule has 1 aliphatic heterocycles. The van der Waals surface area contributed by atoms with Gasteiger partial charge in [-0.15, -0.1) is 0 Å². The molecule has 1 fully saturated rings. The number of aromatic nitrogens is 1. The summed E-state index contributed by atoms with van der Waals surface area (Å²) in [5, 5.41) is 6.42. The Balaban J connectivity index is 1.66. The summed E-state index contributed by atoms with van der Waals surface area (Å²) in [7, 11) is 0. The summed E-state index contributed by atoms with van der Waals surface area (Å²) in [5.41, 5.74) is 3.39. The van der Waals surface area contributed by atoms with Gasteiger partial charge >= 0.3 is 0 Å². The Morgan fingerprint density at radius 3 is 2.78 bits per heavy atom. The van der Waals surface area contributed by atoms with Gasteiger partial charge in [0.2, 0.25) is 0 Å². The van der Waals surface area contributed by atoms with Crippen LogP contribution in [0.3, 0.4) is 0 Å². The number of carbonyl (C=O) groups is 1. The quantitative estimate of drug-likeness (QED) is 0.913. The van der Waals surface area contributed by atoms with Gasteiger partial charge in [-0.25, -0.2) is 0 Å². The normalized spacial score (nSPS) is 17.7. The predicted molar refractivity (Wildman–Crippen MR) is 92.3 cm³/mol. The number of rotatable bonds is 4. The molecule has 120 valence electrons. The summed E-state index contributed by atoms with van der Waals surface area (Å²) in [5.74, 6) is 0.504. The van der Waals surface area contributed by atoms with Crippen LogP contribution in [0.1, 0.15) is 28.9 Å². The van der Waals surface area contributed by atoms with E-state index in [1.54, 1.807) is 0 Å². The second-order valence-corrected chi connectivity index (χ2v) is 6.12. The van der Waals surface area contributed by atoms with E-state index in [0.717, 1.165) is 36.6 Å². The molecule has 2 heterocycles. The molecule has 0 spiro atoms. The van der Waals surface area contributed by atoms with Crippen molar-refractivity contribution in [2.45, 2.75) is 19.8 Å². The average molecular weight is 309 g/mol. The van der Waals surface area contributed by atoms with Crippen LogP contribution in [0.5, 0.6) is 0 Å². The molecule has 4 heteroatoms. The summed E-state index contributed by atoms with van der Waals surface area (Å²) in [6, 6.07) is 13.8. The van der Waals surface area contributed by atoms with E-state index in [9.17, 15) is 4.79 Å². The minimum atomic E-state index is -0.0276. The molecule has 1 aromatic heterocycles. The van der Waals surface area contributed by atoms with Gasteiger partial charge < -0.3 is 10.6 Å². The van der Waals surface area contributed by atoms with Gasteiger partial charge in [0.25, 0.3) is 5.91 Å². The molecule has 0 saturated carbocycles. The van der Waals surface area contributed by atoms with Crippen molar-refractivity contribution in [2.24, 2.45) is 5.92 Å². The average Bonchev–Trinajstić information content (AvgIpc) is 2.61. The molecule has 1 aromatic carbocycles. The van der Waals surface area contributed by atoms with Crippen LogP contribution in [0.2, 0.25) is 0 Å². The van der Waals surface area contributed by atoms with Crippen molar-refractivity contribution in [3.8, 4) is 11.3 Å². The minimum Gasteiger partial charge on any atom is -0.352 e. The first-order valence-corrected chi connectivity index (χ1v) is 8.26. The Bertz CT molecular complexity index is 664. The largest absolute Gasteiger partial charge is 0.352 e. The first-order valence-electron chi connectivity index (χ1n) is 8.26. The molecular weight excluding hydrogens is 286 g/mol. The van der Waals surface area contributed by atoms with Crippen molar-refractivity contribution < 1.29 is 4.79 Å².